The summed E-state index contributed by atoms with van der Waals surface area (Å²) in [5.74, 6) is -3.45. The number of benzene rings is 3. The van der Waals surface area contributed by atoms with Crippen molar-refractivity contribution >= 4 is 28.2 Å². The molecule has 11 heteroatoms. The lowest BCUT2D eigenvalue weighted by Crippen LogP contribution is -2.47. The molecule has 0 amide bonds. The summed E-state index contributed by atoms with van der Waals surface area (Å²) in [6.45, 7) is 1.90. The molecule has 4 aromatic rings. The summed E-state index contributed by atoms with van der Waals surface area (Å²) in [5, 5.41) is 9.61. The third kappa shape index (κ3) is 5.32. The molecule has 1 aromatic heterocycles. The number of rotatable bonds is 7. The number of ether oxygens (including phenoxy) is 1. The third-order valence-corrected chi connectivity index (χ3v) is 7.17. The van der Waals surface area contributed by atoms with Crippen LogP contribution in [0.3, 0.4) is 0 Å². The number of aromatic carboxylic acids is 1. The van der Waals surface area contributed by atoms with E-state index in [4.69, 9.17) is 4.74 Å². The fourth-order valence-electron chi connectivity index (χ4n) is 5.30. The normalized spacial score (nSPS) is 13.7. The van der Waals surface area contributed by atoms with Crippen LogP contribution in [0.1, 0.15) is 15.9 Å². The average molecular weight is 567 g/mol. The molecular formula is C30H29F3N4O4. The molecule has 5 rings (SSSR count). The van der Waals surface area contributed by atoms with E-state index < -0.39 is 34.4 Å². The summed E-state index contributed by atoms with van der Waals surface area (Å²) in [5.41, 5.74) is 0.854. The zero-order chi connectivity index (χ0) is 29.4. The molecule has 214 valence electrons. The van der Waals surface area contributed by atoms with E-state index in [9.17, 15) is 23.5 Å². The van der Waals surface area contributed by atoms with Crippen molar-refractivity contribution in [1.82, 2.24) is 9.47 Å². The smallest absolute Gasteiger partial charge is 0.341 e. The number of halogens is 3. The third-order valence-electron chi connectivity index (χ3n) is 7.17. The molecule has 0 spiro atoms. The molecule has 1 saturated heterocycles. The number of nitrogens with zero attached hydrogens (tertiary/aromatic N) is 4. The number of methoxy groups -OCH3 is 1. The maximum Gasteiger partial charge on any atom is 0.341 e. The van der Waals surface area contributed by atoms with Crippen LogP contribution in [0.2, 0.25) is 0 Å². The van der Waals surface area contributed by atoms with Crippen molar-refractivity contribution in [1.29, 1.82) is 0 Å². The van der Waals surface area contributed by atoms with Gasteiger partial charge in [0.1, 0.15) is 28.4 Å². The fraction of sp³-hybridized carbons (Fsp3) is 0.267. The number of carboxylic acid groups (broad SMARTS) is 1. The van der Waals surface area contributed by atoms with Gasteiger partial charge in [-0.1, -0.05) is 12.1 Å². The van der Waals surface area contributed by atoms with Crippen molar-refractivity contribution in [3.05, 3.63) is 93.5 Å². The molecule has 0 aliphatic carbocycles. The zero-order valence-corrected chi connectivity index (χ0v) is 22.8. The minimum Gasteiger partial charge on any atom is -0.492 e. The summed E-state index contributed by atoms with van der Waals surface area (Å²) in [6.07, 6.45) is 1.23. The summed E-state index contributed by atoms with van der Waals surface area (Å²) in [4.78, 5) is 30.7. The van der Waals surface area contributed by atoms with Crippen LogP contribution in [-0.2, 0) is 6.54 Å². The van der Waals surface area contributed by atoms with Crippen LogP contribution in [0.15, 0.2) is 59.5 Å². The molecule has 0 bridgehead atoms. The highest BCUT2D eigenvalue weighted by atomic mass is 19.1. The second-order valence-corrected chi connectivity index (χ2v) is 10.2. The second-order valence-electron chi connectivity index (χ2n) is 10.2. The first-order valence-corrected chi connectivity index (χ1v) is 13.0. The standard InChI is InChI=1S/C30H29F3N4O4/c1-34(2)16-18-4-7-20(8-5-18)37-17-22(30(39)40)28(38)21-15-24(33)27(29(41-3)26(21)37)36-12-10-35(11-13-36)25-9-6-19(31)14-23(25)32/h4-9,14-15,17H,10-13,16H2,1-3H3,(H,39,40). The molecule has 41 heavy (non-hydrogen) atoms. The van der Waals surface area contributed by atoms with Crippen molar-refractivity contribution < 1.29 is 27.8 Å². The molecular weight excluding hydrogens is 537 g/mol. The first-order chi connectivity index (χ1) is 19.6. The predicted molar refractivity (Wildman–Crippen MR) is 151 cm³/mol. The van der Waals surface area contributed by atoms with Crippen molar-refractivity contribution in [2.45, 2.75) is 6.54 Å². The van der Waals surface area contributed by atoms with Crippen LogP contribution in [-0.4, -0.2) is 67.9 Å². The number of fused-ring (bicyclic) bond motifs is 1. The Bertz CT molecular complexity index is 1680. The number of pyridine rings is 1. The number of hydrogen-bond acceptors (Lipinski definition) is 6. The maximum atomic E-state index is 15.8. The molecule has 2 heterocycles. The molecule has 0 radical (unpaired) electrons. The van der Waals surface area contributed by atoms with E-state index in [0.717, 1.165) is 17.7 Å². The monoisotopic (exact) mass is 566 g/mol. The molecule has 1 N–H and O–H groups in total. The molecule has 0 atom stereocenters. The first-order valence-electron chi connectivity index (χ1n) is 13.0. The average Bonchev–Trinajstić information content (AvgIpc) is 2.93. The Labute approximate surface area is 234 Å². The fourth-order valence-corrected chi connectivity index (χ4v) is 5.30. The zero-order valence-electron chi connectivity index (χ0n) is 22.8. The lowest BCUT2D eigenvalue weighted by Gasteiger charge is -2.38. The lowest BCUT2D eigenvalue weighted by atomic mass is 10.1. The summed E-state index contributed by atoms with van der Waals surface area (Å²) in [6, 6.07) is 11.8. The number of aromatic nitrogens is 1. The Balaban J connectivity index is 1.61. The Hall–Kier alpha value is -4.51. The SMILES string of the molecule is COc1c(N2CCN(c3ccc(F)cc3F)CC2)c(F)cc2c(=O)c(C(=O)O)cn(-c3ccc(CN(C)C)cc3)c12. The van der Waals surface area contributed by atoms with Gasteiger partial charge in [0.2, 0.25) is 5.43 Å². The van der Waals surface area contributed by atoms with E-state index in [-0.39, 0.29) is 41.1 Å². The summed E-state index contributed by atoms with van der Waals surface area (Å²) in [7, 11) is 5.25. The summed E-state index contributed by atoms with van der Waals surface area (Å²) < 4.78 is 50.8. The number of anilines is 2. The van der Waals surface area contributed by atoms with Crippen LogP contribution < -0.4 is 20.0 Å². The number of carbonyl (C=O) groups is 1. The Morgan fingerprint density at radius 2 is 1.61 bits per heavy atom. The highest BCUT2D eigenvalue weighted by molar-refractivity contribution is 5.97. The van der Waals surface area contributed by atoms with Crippen LogP contribution in [0.5, 0.6) is 5.75 Å². The predicted octanol–water partition coefficient (Wildman–Crippen LogP) is 4.50. The van der Waals surface area contributed by atoms with Crippen LogP contribution >= 0.6 is 0 Å². The topological polar surface area (TPSA) is 78.2 Å². The van der Waals surface area contributed by atoms with Gasteiger partial charge in [-0.05, 0) is 50.0 Å². The highest BCUT2D eigenvalue weighted by Crippen LogP contribution is 2.40. The molecule has 0 unspecified atom stereocenters. The van der Waals surface area contributed by atoms with E-state index in [1.165, 1.54) is 30.0 Å². The van der Waals surface area contributed by atoms with E-state index in [1.54, 1.807) is 21.9 Å². The minimum atomic E-state index is -1.43. The first kappa shape index (κ1) is 28.0. The van der Waals surface area contributed by atoms with Gasteiger partial charge in [0, 0.05) is 50.7 Å². The van der Waals surface area contributed by atoms with E-state index >= 15 is 4.39 Å². The van der Waals surface area contributed by atoms with Crippen LogP contribution in [0.4, 0.5) is 24.5 Å². The van der Waals surface area contributed by atoms with Gasteiger partial charge in [-0.25, -0.2) is 18.0 Å². The maximum absolute atomic E-state index is 15.8. The molecule has 8 nitrogen and oxygen atoms in total. The van der Waals surface area contributed by atoms with Gasteiger partial charge in [-0.2, -0.15) is 0 Å². The van der Waals surface area contributed by atoms with Crippen LogP contribution in [0, 0.1) is 17.5 Å². The number of carboxylic acids is 1. The van der Waals surface area contributed by atoms with Gasteiger partial charge in [0.25, 0.3) is 0 Å². The lowest BCUT2D eigenvalue weighted by molar-refractivity contribution is 0.0695. The molecule has 1 aliphatic heterocycles. The molecule has 0 saturated carbocycles. The minimum absolute atomic E-state index is 0.0767. The molecule has 3 aromatic carbocycles. The van der Waals surface area contributed by atoms with Gasteiger partial charge in [0.05, 0.1) is 18.2 Å². The van der Waals surface area contributed by atoms with Crippen molar-refractivity contribution in [2.24, 2.45) is 0 Å². The van der Waals surface area contributed by atoms with E-state index in [2.05, 4.69) is 0 Å². The van der Waals surface area contributed by atoms with Gasteiger partial charge in [-0.3, -0.25) is 4.79 Å². The Morgan fingerprint density at radius 1 is 0.951 bits per heavy atom. The van der Waals surface area contributed by atoms with Crippen molar-refractivity contribution in [3.63, 3.8) is 0 Å². The van der Waals surface area contributed by atoms with Crippen molar-refractivity contribution in [3.8, 4) is 11.4 Å². The Morgan fingerprint density at radius 3 is 2.20 bits per heavy atom. The quantitative estimate of drug-likeness (QED) is 0.353. The number of piperazine rings is 1. The summed E-state index contributed by atoms with van der Waals surface area (Å²) >= 11 is 0. The molecule has 1 aliphatic rings. The highest BCUT2D eigenvalue weighted by Gasteiger charge is 2.29. The van der Waals surface area contributed by atoms with Gasteiger partial charge in [0.15, 0.2) is 11.6 Å². The molecule has 1 fully saturated rings. The van der Waals surface area contributed by atoms with Crippen molar-refractivity contribution in [2.75, 3.05) is 57.2 Å². The van der Waals surface area contributed by atoms with E-state index in [0.29, 0.717) is 25.3 Å². The largest absolute Gasteiger partial charge is 0.492 e. The number of hydrogen-bond donors (Lipinski definition) is 1. The van der Waals surface area contributed by atoms with E-state index in [1.807, 2.05) is 31.1 Å². The second kappa shape index (κ2) is 11.2. The van der Waals surface area contributed by atoms with Crippen LogP contribution in [0.25, 0.3) is 16.6 Å². The van der Waals surface area contributed by atoms with Gasteiger partial charge >= 0.3 is 5.97 Å². The van der Waals surface area contributed by atoms with Gasteiger partial charge in [-0.15, -0.1) is 0 Å². The Kier molecular flexibility index (Phi) is 7.63. The van der Waals surface area contributed by atoms with Gasteiger partial charge < -0.3 is 29.1 Å².